The highest BCUT2D eigenvalue weighted by Gasteiger charge is 2.35. The molecule has 0 aliphatic carbocycles. The third-order valence-corrected chi connectivity index (χ3v) is 6.53. The lowest BCUT2D eigenvalue weighted by molar-refractivity contribution is -0.137. The van der Waals surface area contributed by atoms with Crippen molar-refractivity contribution in [1.29, 1.82) is 0 Å². The fourth-order valence-corrected chi connectivity index (χ4v) is 4.83. The number of hydrogen-bond acceptors (Lipinski definition) is 4. The maximum atomic E-state index is 12.9. The summed E-state index contributed by atoms with van der Waals surface area (Å²) in [7, 11) is 1.57. The maximum Gasteiger partial charge on any atom is 0.416 e. The summed E-state index contributed by atoms with van der Waals surface area (Å²) in [5, 5.41) is 2.45. The van der Waals surface area contributed by atoms with Crippen molar-refractivity contribution >= 4 is 35.0 Å². The molecular formula is C25H21F3N2O3S. The van der Waals surface area contributed by atoms with Crippen molar-refractivity contribution in [3.05, 3.63) is 89.5 Å². The molecule has 34 heavy (non-hydrogen) atoms. The van der Waals surface area contributed by atoms with Gasteiger partial charge in [-0.25, -0.2) is 0 Å². The van der Waals surface area contributed by atoms with Crippen LogP contribution in [0.4, 0.5) is 24.5 Å². The summed E-state index contributed by atoms with van der Waals surface area (Å²) in [6.45, 7) is 0. The Kier molecular flexibility index (Phi) is 6.83. The zero-order chi connectivity index (χ0) is 24.3. The van der Waals surface area contributed by atoms with Crippen molar-refractivity contribution in [3.63, 3.8) is 0 Å². The van der Waals surface area contributed by atoms with Crippen molar-refractivity contribution in [3.8, 4) is 5.75 Å². The number of ether oxygens (including phenoxy) is 1. The first-order chi connectivity index (χ1) is 16.2. The lowest BCUT2D eigenvalue weighted by Gasteiger charge is -2.25. The smallest absolute Gasteiger partial charge is 0.416 e. The monoisotopic (exact) mass is 486 g/mol. The summed E-state index contributed by atoms with van der Waals surface area (Å²) >= 11 is 1.38. The van der Waals surface area contributed by atoms with Crippen LogP contribution < -0.4 is 15.0 Å². The Labute approximate surface area is 198 Å². The maximum absolute atomic E-state index is 12.9. The average Bonchev–Trinajstić information content (AvgIpc) is 3.20. The molecule has 1 aliphatic rings. The Morgan fingerprint density at radius 3 is 2.44 bits per heavy atom. The normalized spacial score (nSPS) is 15.9. The number of thioether (sulfide) groups is 1. The number of rotatable bonds is 6. The van der Waals surface area contributed by atoms with Gasteiger partial charge < -0.3 is 10.1 Å². The van der Waals surface area contributed by atoms with Gasteiger partial charge in [-0.3, -0.25) is 14.5 Å². The molecular weight excluding hydrogens is 465 g/mol. The number of methoxy groups -OCH3 is 1. The minimum absolute atomic E-state index is 0.183. The number of nitrogens with one attached hydrogen (secondary N) is 1. The molecule has 0 aromatic heterocycles. The lowest BCUT2D eigenvalue weighted by atomic mass is 10.1. The van der Waals surface area contributed by atoms with E-state index in [0.29, 0.717) is 17.1 Å². The van der Waals surface area contributed by atoms with Gasteiger partial charge in [0, 0.05) is 11.4 Å². The second kappa shape index (κ2) is 9.80. The van der Waals surface area contributed by atoms with Gasteiger partial charge >= 0.3 is 6.18 Å². The standard InChI is InChI=1S/C25H21F3N2O3S/c1-33-21-11-5-16(6-12-21)13-22(31)29-19-4-2-3-17(14-19)24-30(23(32)15-34-24)20-9-7-18(8-10-20)25(26,27)28/h2-12,14,24H,13,15H2,1H3,(H,29,31)/t24-/m1/s1. The molecule has 3 aromatic carbocycles. The first-order valence-corrected chi connectivity index (χ1v) is 11.4. The molecule has 9 heteroatoms. The second-order valence-electron chi connectivity index (χ2n) is 7.67. The SMILES string of the molecule is COc1ccc(CC(=O)Nc2cccc([C@H]3SCC(=O)N3c3ccc(C(F)(F)F)cc3)c2)cc1. The topological polar surface area (TPSA) is 58.6 Å². The third kappa shape index (κ3) is 5.36. The Balaban J connectivity index is 1.49. The molecule has 5 nitrogen and oxygen atoms in total. The van der Waals surface area contributed by atoms with Gasteiger partial charge in [0.1, 0.15) is 11.1 Å². The van der Waals surface area contributed by atoms with E-state index in [0.717, 1.165) is 23.3 Å². The summed E-state index contributed by atoms with van der Waals surface area (Å²) in [5.74, 6) is 0.526. The van der Waals surface area contributed by atoms with E-state index in [2.05, 4.69) is 5.32 Å². The molecule has 1 N–H and O–H groups in total. The van der Waals surface area contributed by atoms with E-state index < -0.39 is 17.1 Å². The minimum Gasteiger partial charge on any atom is -0.497 e. The van der Waals surface area contributed by atoms with Crippen LogP contribution in [0.1, 0.15) is 22.1 Å². The molecule has 3 aromatic rings. The van der Waals surface area contributed by atoms with E-state index >= 15 is 0 Å². The summed E-state index contributed by atoms with van der Waals surface area (Å²) in [6.07, 6.45) is -4.26. The van der Waals surface area contributed by atoms with Crippen LogP contribution >= 0.6 is 11.8 Å². The molecule has 0 unspecified atom stereocenters. The van der Waals surface area contributed by atoms with E-state index in [1.165, 1.54) is 28.8 Å². The van der Waals surface area contributed by atoms with Crippen molar-refractivity contribution in [2.45, 2.75) is 18.0 Å². The molecule has 1 saturated heterocycles. The van der Waals surface area contributed by atoms with Gasteiger partial charge in [0.05, 0.1) is 24.8 Å². The highest BCUT2D eigenvalue weighted by Crippen LogP contribution is 2.43. The van der Waals surface area contributed by atoms with E-state index in [-0.39, 0.29) is 24.0 Å². The molecule has 176 valence electrons. The molecule has 1 atom stereocenters. The van der Waals surface area contributed by atoms with Crippen LogP contribution in [0.15, 0.2) is 72.8 Å². The van der Waals surface area contributed by atoms with Gasteiger partial charge in [0.15, 0.2) is 0 Å². The van der Waals surface area contributed by atoms with Gasteiger partial charge in [-0.05, 0) is 59.7 Å². The first-order valence-electron chi connectivity index (χ1n) is 10.4. The lowest BCUT2D eigenvalue weighted by Crippen LogP contribution is -2.28. The molecule has 1 fully saturated rings. The zero-order valence-electron chi connectivity index (χ0n) is 18.1. The predicted molar refractivity (Wildman–Crippen MR) is 126 cm³/mol. The van der Waals surface area contributed by atoms with Crippen molar-refractivity contribution in [2.24, 2.45) is 0 Å². The molecule has 0 saturated carbocycles. The second-order valence-corrected chi connectivity index (χ2v) is 8.74. The zero-order valence-corrected chi connectivity index (χ0v) is 19.0. The molecule has 4 rings (SSSR count). The van der Waals surface area contributed by atoms with Gasteiger partial charge in [0.25, 0.3) is 0 Å². The molecule has 1 heterocycles. The van der Waals surface area contributed by atoms with E-state index in [1.807, 2.05) is 18.2 Å². The number of alkyl halides is 3. The Bertz CT molecular complexity index is 1180. The van der Waals surface area contributed by atoms with Crippen LogP contribution in [-0.4, -0.2) is 24.7 Å². The summed E-state index contributed by atoms with van der Waals surface area (Å²) in [6, 6.07) is 18.9. The van der Waals surface area contributed by atoms with Crippen LogP contribution in [0, 0.1) is 0 Å². The number of nitrogens with zero attached hydrogens (tertiary/aromatic N) is 1. The third-order valence-electron chi connectivity index (χ3n) is 5.32. The quantitative estimate of drug-likeness (QED) is 0.488. The number of hydrogen-bond donors (Lipinski definition) is 1. The Morgan fingerprint density at radius 2 is 1.79 bits per heavy atom. The van der Waals surface area contributed by atoms with Gasteiger partial charge in [0.2, 0.25) is 11.8 Å². The number of carbonyl (C=O) groups excluding carboxylic acids is 2. The molecule has 2 amide bonds. The first kappa shape index (κ1) is 23.7. The summed E-state index contributed by atoms with van der Waals surface area (Å²) in [4.78, 5) is 26.6. The molecule has 1 aliphatic heterocycles. The summed E-state index contributed by atoms with van der Waals surface area (Å²) in [5.41, 5.74) is 1.79. The largest absolute Gasteiger partial charge is 0.497 e. The summed E-state index contributed by atoms with van der Waals surface area (Å²) < 4.78 is 43.9. The van der Waals surface area contributed by atoms with Crippen LogP contribution in [0.2, 0.25) is 0 Å². The minimum atomic E-state index is -4.44. The predicted octanol–water partition coefficient (Wildman–Crippen LogP) is 5.67. The average molecular weight is 487 g/mol. The van der Waals surface area contributed by atoms with Gasteiger partial charge in [-0.1, -0.05) is 24.3 Å². The fourth-order valence-electron chi connectivity index (χ4n) is 3.66. The Hall–Kier alpha value is -3.46. The number of carbonyl (C=O) groups is 2. The molecule has 0 spiro atoms. The highest BCUT2D eigenvalue weighted by molar-refractivity contribution is 8.00. The fraction of sp³-hybridized carbons (Fsp3) is 0.200. The number of anilines is 2. The Morgan fingerprint density at radius 1 is 1.09 bits per heavy atom. The number of benzene rings is 3. The molecule has 0 radical (unpaired) electrons. The van der Waals surface area contributed by atoms with E-state index in [9.17, 15) is 22.8 Å². The van der Waals surface area contributed by atoms with Crippen molar-refractivity contribution in [1.82, 2.24) is 0 Å². The van der Waals surface area contributed by atoms with Gasteiger partial charge in [-0.15, -0.1) is 11.8 Å². The van der Waals surface area contributed by atoms with E-state index in [1.54, 1.807) is 37.4 Å². The number of amides is 2. The number of halogens is 3. The van der Waals surface area contributed by atoms with E-state index in [4.69, 9.17) is 4.74 Å². The van der Waals surface area contributed by atoms with Crippen LogP contribution in [0.25, 0.3) is 0 Å². The van der Waals surface area contributed by atoms with Crippen molar-refractivity contribution in [2.75, 3.05) is 23.1 Å². The van der Waals surface area contributed by atoms with Gasteiger partial charge in [-0.2, -0.15) is 13.2 Å². The van der Waals surface area contributed by atoms with Crippen LogP contribution in [0.5, 0.6) is 5.75 Å². The van der Waals surface area contributed by atoms with Crippen LogP contribution in [-0.2, 0) is 22.2 Å². The van der Waals surface area contributed by atoms with Crippen LogP contribution in [0.3, 0.4) is 0 Å². The van der Waals surface area contributed by atoms with Crippen molar-refractivity contribution < 1.29 is 27.5 Å². The molecule has 0 bridgehead atoms. The highest BCUT2D eigenvalue weighted by atomic mass is 32.2.